The zero-order chi connectivity index (χ0) is 11.3. The number of rotatable bonds is 4. The highest BCUT2D eigenvalue weighted by Gasteiger charge is 2.05. The molecule has 0 saturated heterocycles. The van der Waals surface area contributed by atoms with E-state index < -0.39 is 0 Å². The molecule has 0 fully saturated rings. The smallest absolute Gasteiger partial charge is 0.224 e. The Hall–Kier alpha value is -0.540. The minimum absolute atomic E-state index is 0.0415. The molecule has 0 bridgehead atoms. The van der Waals surface area contributed by atoms with Crippen LogP contribution in [0.25, 0.3) is 0 Å². The Morgan fingerprint density at radius 1 is 1.53 bits per heavy atom. The predicted molar refractivity (Wildman–Crippen MR) is 67.3 cm³/mol. The van der Waals surface area contributed by atoms with Crippen molar-refractivity contribution in [3.05, 3.63) is 27.7 Å². The fourth-order valence-corrected chi connectivity index (χ4v) is 1.92. The normalized spacial score (nSPS) is 10.1. The van der Waals surface area contributed by atoms with Crippen LogP contribution in [0.1, 0.15) is 26.2 Å². The van der Waals surface area contributed by atoms with E-state index in [0.29, 0.717) is 11.4 Å². The molecule has 82 valence electrons. The Balaban J connectivity index is 2.60. The van der Waals surface area contributed by atoms with Crippen LogP contribution in [-0.2, 0) is 4.79 Å². The second-order valence-corrected chi connectivity index (χ2v) is 4.57. The van der Waals surface area contributed by atoms with Gasteiger partial charge in [0.1, 0.15) is 0 Å². The van der Waals surface area contributed by atoms with Gasteiger partial charge in [0.05, 0.1) is 5.69 Å². The summed E-state index contributed by atoms with van der Waals surface area (Å²) < 4.78 is 0.805. The number of hydrogen-bond acceptors (Lipinski definition) is 1. The molecule has 0 radical (unpaired) electrons. The van der Waals surface area contributed by atoms with Gasteiger partial charge in [-0.05, 0) is 40.5 Å². The molecule has 1 aromatic rings. The zero-order valence-electron chi connectivity index (χ0n) is 8.52. The topological polar surface area (TPSA) is 29.1 Å². The van der Waals surface area contributed by atoms with E-state index in [1.54, 1.807) is 18.2 Å². The van der Waals surface area contributed by atoms with Crippen molar-refractivity contribution in [3.63, 3.8) is 0 Å². The van der Waals surface area contributed by atoms with Gasteiger partial charge in [0, 0.05) is 15.9 Å². The molecule has 1 aromatic carbocycles. The zero-order valence-corrected chi connectivity index (χ0v) is 10.9. The molecular formula is C11H13BrClNO. The van der Waals surface area contributed by atoms with Gasteiger partial charge in [-0.2, -0.15) is 0 Å². The molecule has 0 aliphatic carbocycles. The Morgan fingerprint density at radius 2 is 2.27 bits per heavy atom. The molecule has 2 nitrogen and oxygen atoms in total. The maximum Gasteiger partial charge on any atom is 0.224 e. The van der Waals surface area contributed by atoms with Gasteiger partial charge in [0.2, 0.25) is 5.91 Å². The van der Waals surface area contributed by atoms with Crippen molar-refractivity contribution in [2.24, 2.45) is 0 Å². The maximum atomic E-state index is 11.4. The first-order chi connectivity index (χ1) is 7.13. The highest BCUT2D eigenvalue weighted by molar-refractivity contribution is 9.10. The maximum absolute atomic E-state index is 11.4. The third-order valence-corrected chi connectivity index (χ3v) is 2.85. The van der Waals surface area contributed by atoms with Gasteiger partial charge in [-0.1, -0.05) is 24.9 Å². The van der Waals surface area contributed by atoms with Crippen molar-refractivity contribution in [1.29, 1.82) is 0 Å². The van der Waals surface area contributed by atoms with Crippen LogP contribution in [0.3, 0.4) is 0 Å². The van der Waals surface area contributed by atoms with Crippen molar-refractivity contribution < 1.29 is 4.79 Å². The van der Waals surface area contributed by atoms with Gasteiger partial charge in [-0.25, -0.2) is 0 Å². The largest absolute Gasteiger partial charge is 0.325 e. The van der Waals surface area contributed by atoms with Crippen LogP contribution in [0.5, 0.6) is 0 Å². The highest BCUT2D eigenvalue weighted by atomic mass is 79.9. The molecule has 4 heteroatoms. The molecule has 0 aliphatic heterocycles. The van der Waals surface area contributed by atoms with Crippen LogP contribution in [0, 0.1) is 0 Å². The highest BCUT2D eigenvalue weighted by Crippen LogP contribution is 2.25. The predicted octanol–water partition coefficient (Wildman–Crippen LogP) is 4.23. The monoisotopic (exact) mass is 289 g/mol. The molecule has 1 N–H and O–H groups in total. The molecule has 0 saturated carbocycles. The molecular weight excluding hydrogens is 277 g/mol. The molecule has 0 aromatic heterocycles. The number of carbonyl (C=O) groups excluding carboxylic acids is 1. The van der Waals surface area contributed by atoms with Crippen LogP contribution in [-0.4, -0.2) is 5.91 Å². The van der Waals surface area contributed by atoms with E-state index >= 15 is 0 Å². The van der Waals surface area contributed by atoms with Gasteiger partial charge in [0.15, 0.2) is 0 Å². The second kappa shape index (κ2) is 6.13. The lowest BCUT2D eigenvalue weighted by Gasteiger charge is -2.07. The Morgan fingerprint density at radius 3 is 2.87 bits per heavy atom. The summed E-state index contributed by atoms with van der Waals surface area (Å²) in [6.45, 7) is 2.06. The van der Waals surface area contributed by atoms with E-state index in [1.807, 2.05) is 0 Å². The molecule has 15 heavy (non-hydrogen) atoms. The summed E-state index contributed by atoms with van der Waals surface area (Å²) in [5, 5.41) is 3.47. The minimum atomic E-state index is 0.0415. The lowest BCUT2D eigenvalue weighted by atomic mass is 10.2. The third-order valence-electron chi connectivity index (χ3n) is 1.96. The summed E-state index contributed by atoms with van der Waals surface area (Å²) in [6.07, 6.45) is 2.50. The van der Waals surface area contributed by atoms with E-state index in [2.05, 4.69) is 28.2 Å². The van der Waals surface area contributed by atoms with E-state index in [0.717, 1.165) is 23.0 Å². The third kappa shape index (κ3) is 4.22. The number of amides is 1. The number of anilines is 1. The average Bonchev–Trinajstić information content (AvgIpc) is 2.19. The molecule has 0 heterocycles. The molecule has 0 atom stereocenters. The molecule has 1 rings (SSSR count). The van der Waals surface area contributed by atoms with Crippen molar-refractivity contribution in [1.82, 2.24) is 0 Å². The summed E-state index contributed by atoms with van der Waals surface area (Å²) in [5.41, 5.74) is 0.764. The first-order valence-corrected chi connectivity index (χ1v) is 6.05. The summed E-state index contributed by atoms with van der Waals surface area (Å²) in [4.78, 5) is 11.4. The quantitative estimate of drug-likeness (QED) is 0.883. The van der Waals surface area contributed by atoms with E-state index in [9.17, 15) is 4.79 Å². The standard InChI is InChI=1S/C11H13BrClNO/c1-2-3-4-11(15)14-10-6-5-8(13)7-9(10)12/h5-7H,2-4H2,1H3,(H,14,15). The van der Waals surface area contributed by atoms with Gasteiger partial charge >= 0.3 is 0 Å². The van der Waals surface area contributed by atoms with Gasteiger partial charge in [0.25, 0.3) is 0 Å². The number of benzene rings is 1. The van der Waals surface area contributed by atoms with Crippen LogP contribution < -0.4 is 5.32 Å². The number of hydrogen-bond donors (Lipinski definition) is 1. The number of unbranched alkanes of at least 4 members (excludes halogenated alkanes) is 1. The van der Waals surface area contributed by atoms with Crippen molar-refractivity contribution in [3.8, 4) is 0 Å². The second-order valence-electron chi connectivity index (χ2n) is 3.28. The van der Waals surface area contributed by atoms with Crippen LogP contribution in [0.4, 0.5) is 5.69 Å². The summed E-state index contributed by atoms with van der Waals surface area (Å²) in [5.74, 6) is 0.0415. The van der Waals surface area contributed by atoms with E-state index in [1.165, 1.54) is 0 Å². The summed E-state index contributed by atoms with van der Waals surface area (Å²) in [7, 11) is 0. The Bertz CT molecular complexity index is 354. The molecule has 0 unspecified atom stereocenters. The SMILES string of the molecule is CCCCC(=O)Nc1ccc(Cl)cc1Br. The Kier molecular flexibility index (Phi) is 5.12. The van der Waals surface area contributed by atoms with Crippen LogP contribution in [0.15, 0.2) is 22.7 Å². The Labute approximate surface area is 103 Å². The van der Waals surface area contributed by atoms with Gasteiger partial charge in [-0.15, -0.1) is 0 Å². The first-order valence-electron chi connectivity index (χ1n) is 4.88. The summed E-state index contributed by atoms with van der Waals surface area (Å²) in [6, 6.07) is 5.30. The van der Waals surface area contributed by atoms with Crippen molar-refractivity contribution in [2.75, 3.05) is 5.32 Å². The first kappa shape index (κ1) is 12.5. The fourth-order valence-electron chi connectivity index (χ4n) is 1.14. The number of halogens is 2. The van der Waals surface area contributed by atoms with E-state index in [4.69, 9.17) is 11.6 Å². The van der Waals surface area contributed by atoms with Gasteiger partial charge < -0.3 is 5.32 Å². The number of carbonyl (C=O) groups is 1. The molecule has 0 aliphatic rings. The number of nitrogens with one attached hydrogen (secondary N) is 1. The lowest BCUT2D eigenvalue weighted by molar-refractivity contribution is -0.116. The van der Waals surface area contributed by atoms with Crippen molar-refractivity contribution >= 4 is 39.1 Å². The molecule has 1 amide bonds. The van der Waals surface area contributed by atoms with E-state index in [-0.39, 0.29) is 5.91 Å². The van der Waals surface area contributed by atoms with Gasteiger partial charge in [-0.3, -0.25) is 4.79 Å². The fraction of sp³-hybridized carbons (Fsp3) is 0.364. The minimum Gasteiger partial charge on any atom is -0.325 e. The molecule has 0 spiro atoms. The van der Waals surface area contributed by atoms with Crippen molar-refractivity contribution in [2.45, 2.75) is 26.2 Å². The average molecular weight is 291 g/mol. The van der Waals surface area contributed by atoms with Crippen LogP contribution >= 0.6 is 27.5 Å². The van der Waals surface area contributed by atoms with Crippen LogP contribution in [0.2, 0.25) is 5.02 Å². The lowest BCUT2D eigenvalue weighted by Crippen LogP contribution is -2.11. The summed E-state index contributed by atoms with van der Waals surface area (Å²) >= 11 is 9.14.